The monoisotopic (exact) mass is 1000 g/mol. The number of anilines is 2. The second kappa shape index (κ2) is 21.4. The van der Waals surface area contributed by atoms with Gasteiger partial charge in [-0.2, -0.15) is 10.2 Å². The average molecular weight is 1010 g/mol. The Hall–Kier alpha value is -5.87. The fourth-order valence-electron chi connectivity index (χ4n) is 8.18. The number of aryl methyl sites for hydroxylation is 2. The molecule has 69 heavy (non-hydrogen) atoms. The number of aromatic nitrogens is 6. The number of hydrogen-bond acceptors (Lipinski definition) is 15. The van der Waals surface area contributed by atoms with Crippen molar-refractivity contribution in [3.8, 4) is 21.1 Å². The van der Waals surface area contributed by atoms with Gasteiger partial charge in [0.1, 0.15) is 25.6 Å². The van der Waals surface area contributed by atoms with Gasteiger partial charge in [0.05, 0.1) is 39.4 Å². The van der Waals surface area contributed by atoms with Crippen molar-refractivity contribution in [1.29, 1.82) is 0 Å². The number of ether oxygens (including phenoxy) is 1. The van der Waals surface area contributed by atoms with Crippen LogP contribution in [0.4, 0.5) is 14.8 Å². The van der Waals surface area contributed by atoms with Gasteiger partial charge in [0, 0.05) is 111 Å². The summed E-state index contributed by atoms with van der Waals surface area (Å²) in [4.78, 5) is 52.3. The molecule has 6 aromatic heterocycles. The van der Waals surface area contributed by atoms with Crippen LogP contribution in [-0.2, 0) is 67.4 Å². The summed E-state index contributed by atoms with van der Waals surface area (Å²) in [6.07, 6.45) is 9.65. The maximum Gasteiger partial charge on any atom is 0.410 e. The van der Waals surface area contributed by atoms with Crippen LogP contribution in [0.25, 0.3) is 41.6 Å². The SMILES string of the molecule is Cn1cc(CNCCC(=O)Nc2sc3c(c2-c2nc4ccccc4s2)CCN(C(=O)OC(C)(C)C)C3)cn1.Cn1cc(CNCCC(=O)Nc2sc3c(c2-c2nc4ccccc4s2)CCNC3)cn1. The maximum atomic E-state index is 13.0. The topological polar surface area (TPSA) is 185 Å². The third-order valence-corrected chi connectivity index (χ3v) is 15.8. The number of para-hydroxylation sites is 2. The smallest absolute Gasteiger partial charge is 0.410 e. The number of amides is 3. The van der Waals surface area contributed by atoms with Crippen LogP contribution >= 0.6 is 45.3 Å². The molecule has 360 valence electrons. The Morgan fingerprint density at radius 2 is 1.23 bits per heavy atom. The Morgan fingerprint density at radius 1 is 0.710 bits per heavy atom. The minimum Gasteiger partial charge on any atom is -0.444 e. The quantitative estimate of drug-likeness (QED) is 0.0657. The largest absolute Gasteiger partial charge is 0.444 e. The lowest BCUT2D eigenvalue weighted by Gasteiger charge is -2.30. The summed E-state index contributed by atoms with van der Waals surface area (Å²) in [7, 11) is 3.78. The fraction of sp³-hybridized carbons (Fsp3) is 0.367. The van der Waals surface area contributed by atoms with Crippen molar-refractivity contribution in [2.75, 3.05) is 36.8 Å². The number of thiophene rings is 2. The molecule has 20 heteroatoms. The van der Waals surface area contributed by atoms with Gasteiger partial charge in [0.25, 0.3) is 0 Å². The van der Waals surface area contributed by atoms with E-state index in [9.17, 15) is 14.4 Å². The lowest BCUT2D eigenvalue weighted by Crippen LogP contribution is -2.39. The molecule has 16 nitrogen and oxygen atoms in total. The molecule has 0 atom stereocenters. The average Bonchev–Trinajstić information content (AvgIpc) is 4.19. The van der Waals surface area contributed by atoms with E-state index in [1.54, 1.807) is 48.3 Å². The van der Waals surface area contributed by atoms with Gasteiger partial charge in [-0.1, -0.05) is 24.3 Å². The Balaban J connectivity index is 0.000000175. The normalized spacial score (nSPS) is 13.5. The van der Waals surface area contributed by atoms with Gasteiger partial charge >= 0.3 is 6.09 Å². The zero-order valence-electron chi connectivity index (χ0n) is 39.3. The summed E-state index contributed by atoms with van der Waals surface area (Å²) >= 11 is 6.52. The van der Waals surface area contributed by atoms with Crippen LogP contribution in [0.1, 0.15) is 65.6 Å². The number of carbonyl (C=O) groups is 3. The number of fused-ring (bicyclic) bond motifs is 4. The summed E-state index contributed by atoms with van der Waals surface area (Å²) < 4.78 is 11.4. The highest BCUT2D eigenvalue weighted by molar-refractivity contribution is 7.23. The molecule has 2 aliphatic rings. The van der Waals surface area contributed by atoms with Crippen LogP contribution in [0, 0.1) is 0 Å². The molecule has 3 amide bonds. The van der Waals surface area contributed by atoms with E-state index < -0.39 is 5.60 Å². The van der Waals surface area contributed by atoms with Gasteiger partial charge in [-0.15, -0.1) is 45.3 Å². The molecule has 0 aliphatic carbocycles. The number of carbonyl (C=O) groups excluding carboxylic acids is 3. The summed E-state index contributed by atoms with van der Waals surface area (Å²) in [5.74, 6) is -0.0405. The van der Waals surface area contributed by atoms with E-state index in [1.165, 1.54) is 26.5 Å². The standard InChI is InChI=1S/C27H32N6O3S2.C22H24N6OS2/c1-27(2,3)36-26(35)33-12-10-18-21(16-33)38-25(23(18)24-30-19-7-5-6-8-20(19)37-24)31-22(34)9-11-28-13-17-14-29-32(4)15-17;1-28-13-14(11-25-28)10-23-9-7-19(29)27-22-20(15-6-8-24-12-18(15)31-22)21-26-16-4-2-3-5-17(16)30-21/h5-8,14-15,28H,9-13,16H2,1-4H3,(H,31,34);2-5,11,13,23-24H,6-10,12H2,1H3,(H,27,29). The van der Waals surface area contributed by atoms with E-state index >= 15 is 0 Å². The van der Waals surface area contributed by atoms with Crippen molar-refractivity contribution in [1.82, 2.24) is 50.4 Å². The molecule has 0 spiro atoms. The number of thiazole rings is 2. The van der Waals surface area contributed by atoms with Crippen LogP contribution in [0.5, 0.6) is 0 Å². The van der Waals surface area contributed by atoms with Crippen molar-refractivity contribution in [3.05, 3.63) is 105 Å². The number of hydrogen-bond donors (Lipinski definition) is 5. The zero-order valence-corrected chi connectivity index (χ0v) is 42.6. The van der Waals surface area contributed by atoms with Crippen molar-refractivity contribution in [3.63, 3.8) is 0 Å². The third-order valence-electron chi connectivity index (χ3n) is 11.4. The molecular weight excluding hydrogens is 949 g/mol. The van der Waals surface area contributed by atoms with E-state index in [-0.39, 0.29) is 17.9 Å². The molecule has 2 aliphatic heterocycles. The molecule has 0 fully saturated rings. The number of rotatable bonds is 14. The van der Waals surface area contributed by atoms with Gasteiger partial charge in [-0.25, -0.2) is 14.8 Å². The highest BCUT2D eigenvalue weighted by atomic mass is 32.1. The summed E-state index contributed by atoms with van der Waals surface area (Å²) in [6, 6.07) is 16.3. The van der Waals surface area contributed by atoms with Crippen molar-refractivity contribution >= 4 is 93.7 Å². The first-order chi connectivity index (χ1) is 33.3. The van der Waals surface area contributed by atoms with Crippen LogP contribution in [0.3, 0.4) is 0 Å². The van der Waals surface area contributed by atoms with Crippen molar-refractivity contribution in [2.24, 2.45) is 14.1 Å². The second-order valence-corrected chi connectivity index (χ2v) is 22.2. The molecule has 10 rings (SSSR count). The lowest BCUT2D eigenvalue weighted by molar-refractivity contribution is -0.116. The van der Waals surface area contributed by atoms with Gasteiger partial charge in [0.15, 0.2) is 0 Å². The van der Waals surface area contributed by atoms with Crippen molar-refractivity contribution in [2.45, 2.75) is 78.2 Å². The lowest BCUT2D eigenvalue weighted by atomic mass is 10.0. The first-order valence-electron chi connectivity index (χ1n) is 23.0. The van der Waals surface area contributed by atoms with Crippen LogP contribution in [0.15, 0.2) is 73.3 Å². The molecule has 0 bridgehead atoms. The van der Waals surface area contributed by atoms with Gasteiger partial charge in [-0.05, 0) is 75.5 Å². The summed E-state index contributed by atoms with van der Waals surface area (Å²) in [6.45, 7) is 11.0. The highest BCUT2D eigenvalue weighted by Gasteiger charge is 2.32. The maximum absolute atomic E-state index is 13.0. The Kier molecular flexibility index (Phi) is 14.9. The number of nitrogens with zero attached hydrogens (tertiary/aromatic N) is 7. The molecule has 5 N–H and O–H groups in total. The molecule has 0 saturated carbocycles. The second-order valence-electron chi connectivity index (χ2n) is 18.0. The van der Waals surface area contributed by atoms with E-state index in [4.69, 9.17) is 14.7 Å². The minimum atomic E-state index is -0.552. The molecule has 2 aromatic carbocycles. The van der Waals surface area contributed by atoms with E-state index in [0.29, 0.717) is 58.5 Å². The van der Waals surface area contributed by atoms with Crippen LogP contribution in [0.2, 0.25) is 0 Å². The van der Waals surface area contributed by atoms with Gasteiger partial charge < -0.3 is 36.2 Å². The summed E-state index contributed by atoms with van der Waals surface area (Å²) in [5.41, 5.74) is 8.15. The number of nitrogens with one attached hydrogen (secondary N) is 5. The fourth-order valence-corrected chi connectivity index (χ4v) is 12.9. The van der Waals surface area contributed by atoms with E-state index in [0.717, 1.165) is 88.0 Å². The van der Waals surface area contributed by atoms with Gasteiger partial charge in [-0.3, -0.25) is 19.0 Å². The number of benzene rings is 2. The predicted octanol–water partition coefficient (Wildman–Crippen LogP) is 8.69. The van der Waals surface area contributed by atoms with Gasteiger partial charge in [0.2, 0.25) is 11.8 Å². The molecular formula is C49H56N12O4S4. The predicted molar refractivity (Wildman–Crippen MR) is 278 cm³/mol. The molecule has 0 unspecified atom stereocenters. The minimum absolute atomic E-state index is 0.0209. The first kappa shape index (κ1) is 48.2. The molecule has 8 aromatic rings. The Labute approximate surface area is 416 Å². The molecule has 0 radical (unpaired) electrons. The van der Waals surface area contributed by atoms with Crippen molar-refractivity contribution < 1.29 is 19.1 Å². The van der Waals surface area contributed by atoms with Crippen LogP contribution < -0.4 is 26.6 Å². The molecule has 0 saturated heterocycles. The van der Waals surface area contributed by atoms with E-state index in [1.807, 2.05) is 96.1 Å². The zero-order chi connectivity index (χ0) is 48.1. The Morgan fingerprint density at radius 3 is 1.74 bits per heavy atom. The summed E-state index contributed by atoms with van der Waals surface area (Å²) in [5, 5.41) is 28.3. The van der Waals surface area contributed by atoms with E-state index in [2.05, 4.69) is 48.9 Å². The third kappa shape index (κ3) is 11.9. The Bertz CT molecular complexity index is 3030. The molecule has 8 heterocycles. The van der Waals surface area contributed by atoms with Crippen LogP contribution in [-0.4, -0.2) is 84.1 Å². The highest BCUT2D eigenvalue weighted by Crippen LogP contribution is 2.47. The first-order valence-corrected chi connectivity index (χ1v) is 26.3.